The predicted octanol–water partition coefficient (Wildman–Crippen LogP) is 1.62. The zero-order chi connectivity index (χ0) is 12.5. The van der Waals surface area contributed by atoms with Gasteiger partial charge in [0.2, 0.25) is 0 Å². The van der Waals surface area contributed by atoms with Gasteiger partial charge in [-0.05, 0) is 5.56 Å². The first-order chi connectivity index (χ1) is 8.95. The molecule has 1 saturated heterocycles. The molecule has 0 amide bonds. The van der Waals surface area contributed by atoms with E-state index in [-0.39, 0.29) is 0 Å². The fourth-order valence-corrected chi connectivity index (χ4v) is 2.01. The minimum Gasteiger partial charge on any atom is -0.379 e. The molecule has 0 radical (unpaired) electrons. The number of hydrogen-bond donors (Lipinski definition) is 1. The number of hydrogen-bond acceptors (Lipinski definition) is 3. The van der Waals surface area contributed by atoms with E-state index in [9.17, 15) is 0 Å². The molecule has 0 atom stereocenters. The number of nitrogens with one attached hydrogen (secondary N) is 1. The van der Waals surface area contributed by atoms with Gasteiger partial charge in [-0.1, -0.05) is 42.5 Å². The molecule has 0 aromatic heterocycles. The van der Waals surface area contributed by atoms with Crippen LogP contribution >= 0.6 is 0 Å². The molecule has 3 heteroatoms. The van der Waals surface area contributed by atoms with Gasteiger partial charge in [0.15, 0.2) is 0 Å². The van der Waals surface area contributed by atoms with Crippen LogP contribution in [0, 0.1) is 0 Å². The van der Waals surface area contributed by atoms with Crippen molar-refractivity contribution in [3.05, 3.63) is 42.0 Å². The van der Waals surface area contributed by atoms with Crippen molar-refractivity contribution in [1.82, 2.24) is 10.2 Å². The Morgan fingerprint density at radius 2 is 1.94 bits per heavy atom. The fourth-order valence-electron chi connectivity index (χ4n) is 2.01. The highest BCUT2D eigenvalue weighted by atomic mass is 16.5. The minimum absolute atomic E-state index is 0.883. The van der Waals surface area contributed by atoms with E-state index in [1.807, 2.05) is 6.07 Å². The molecule has 3 nitrogen and oxygen atoms in total. The molecule has 1 aromatic carbocycles. The number of benzene rings is 1. The van der Waals surface area contributed by atoms with Gasteiger partial charge in [0.1, 0.15) is 0 Å². The molecule has 0 aliphatic carbocycles. The third-order valence-electron chi connectivity index (χ3n) is 3.08. The maximum atomic E-state index is 5.32. The Morgan fingerprint density at radius 1 is 1.17 bits per heavy atom. The Morgan fingerprint density at radius 3 is 2.72 bits per heavy atom. The van der Waals surface area contributed by atoms with Crippen LogP contribution in [0.3, 0.4) is 0 Å². The highest BCUT2D eigenvalue weighted by Gasteiger charge is 2.08. The minimum atomic E-state index is 0.883. The summed E-state index contributed by atoms with van der Waals surface area (Å²) in [4.78, 5) is 2.44. The highest BCUT2D eigenvalue weighted by molar-refractivity contribution is 5.48. The summed E-state index contributed by atoms with van der Waals surface area (Å²) in [6.07, 6.45) is 4.33. The maximum Gasteiger partial charge on any atom is 0.0594 e. The molecule has 2 rings (SSSR count). The molecule has 0 saturated carbocycles. The average Bonchev–Trinajstić information content (AvgIpc) is 2.45. The van der Waals surface area contributed by atoms with Crippen molar-refractivity contribution in [2.75, 3.05) is 45.9 Å². The van der Waals surface area contributed by atoms with Gasteiger partial charge in [0.05, 0.1) is 13.2 Å². The van der Waals surface area contributed by atoms with Gasteiger partial charge in [-0.2, -0.15) is 0 Å². The average molecular weight is 246 g/mol. The summed E-state index contributed by atoms with van der Waals surface area (Å²) in [6.45, 7) is 6.99. The first kappa shape index (κ1) is 13.3. The van der Waals surface area contributed by atoms with E-state index < -0.39 is 0 Å². The number of ether oxygens (including phenoxy) is 1. The lowest BCUT2D eigenvalue weighted by atomic mass is 10.2. The Kier molecular flexibility index (Phi) is 5.92. The molecular weight excluding hydrogens is 224 g/mol. The highest BCUT2D eigenvalue weighted by Crippen LogP contribution is 2.00. The van der Waals surface area contributed by atoms with Gasteiger partial charge >= 0.3 is 0 Å². The SMILES string of the molecule is C(=Cc1ccccc1)CNCCN1CCOCC1. The molecule has 1 aliphatic heterocycles. The van der Waals surface area contributed by atoms with E-state index in [1.54, 1.807) is 0 Å². The molecule has 18 heavy (non-hydrogen) atoms. The standard InChI is InChI=1S/C15H22N2O/c1-2-5-15(6-3-1)7-4-8-16-9-10-17-11-13-18-14-12-17/h1-7,16H,8-14H2. The third-order valence-corrected chi connectivity index (χ3v) is 3.08. The van der Waals surface area contributed by atoms with Gasteiger partial charge < -0.3 is 10.1 Å². The zero-order valence-electron chi connectivity index (χ0n) is 10.8. The summed E-state index contributed by atoms with van der Waals surface area (Å²) < 4.78 is 5.32. The molecule has 0 unspecified atom stereocenters. The van der Waals surface area contributed by atoms with Gasteiger partial charge in [-0.15, -0.1) is 0 Å². The monoisotopic (exact) mass is 246 g/mol. The number of nitrogens with zero attached hydrogens (tertiary/aromatic N) is 1. The van der Waals surface area contributed by atoms with Crippen LogP contribution in [0.4, 0.5) is 0 Å². The van der Waals surface area contributed by atoms with E-state index in [1.165, 1.54) is 5.56 Å². The largest absolute Gasteiger partial charge is 0.379 e. The van der Waals surface area contributed by atoms with Gasteiger partial charge in [0.25, 0.3) is 0 Å². The lowest BCUT2D eigenvalue weighted by Crippen LogP contribution is -2.40. The van der Waals surface area contributed by atoms with Crippen LogP contribution in [0.25, 0.3) is 6.08 Å². The van der Waals surface area contributed by atoms with Gasteiger partial charge in [-0.25, -0.2) is 0 Å². The Hall–Kier alpha value is -1.16. The second-order valence-corrected chi connectivity index (χ2v) is 4.47. The lowest BCUT2D eigenvalue weighted by molar-refractivity contribution is 0.0385. The normalized spacial score (nSPS) is 17.3. The Balaban J connectivity index is 1.54. The summed E-state index contributed by atoms with van der Waals surface area (Å²) in [5.74, 6) is 0. The van der Waals surface area contributed by atoms with Crippen LogP contribution < -0.4 is 5.32 Å². The van der Waals surface area contributed by atoms with Crippen LogP contribution in [-0.2, 0) is 4.74 Å². The van der Waals surface area contributed by atoms with Crippen molar-refractivity contribution < 1.29 is 4.74 Å². The number of morpholine rings is 1. The van der Waals surface area contributed by atoms with Crippen LogP contribution in [0.5, 0.6) is 0 Å². The van der Waals surface area contributed by atoms with Crippen molar-refractivity contribution in [3.63, 3.8) is 0 Å². The van der Waals surface area contributed by atoms with E-state index in [2.05, 4.69) is 46.6 Å². The van der Waals surface area contributed by atoms with Gasteiger partial charge in [0, 0.05) is 32.7 Å². The molecule has 98 valence electrons. The molecule has 1 aliphatic rings. The summed E-state index contributed by atoms with van der Waals surface area (Å²) in [7, 11) is 0. The van der Waals surface area contributed by atoms with Crippen molar-refractivity contribution in [3.8, 4) is 0 Å². The van der Waals surface area contributed by atoms with E-state index >= 15 is 0 Å². The van der Waals surface area contributed by atoms with Crippen molar-refractivity contribution in [1.29, 1.82) is 0 Å². The second-order valence-electron chi connectivity index (χ2n) is 4.47. The molecular formula is C15H22N2O. The summed E-state index contributed by atoms with van der Waals surface area (Å²) in [5.41, 5.74) is 1.26. The molecule has 0 bridgehead atoms. The summed E-state index contributed by atoms with van der Waals surface area (Å²) in [5, 5.41) is 3.43. The van der Waals surface area contributed by atoms with Crippen LogP contribution in [0.2, 0.25) is 0 Å². The Bertz CT molecular complexity index is 345. The maximum absolute atomic E-state index is 5.32. The third kappa shape index (κ3) is 5.00. The van der Waals surface area contributed by atoms with Crippen molar-refractivity contribution >= 4 is 6.08 Å². The molecule has 1 fully saturated rings. The van der Waals surface area contributed by atoms with E-state index in [0.29, 0.717) is 0 Å². The number of rotatable bonds is 6. The van der Waals surface area contributed by atoms with Crippen LogP contribution in [0.1, 0.15) is 5.56 Å². The predicted molar refractivity (Wildman–Crippen MR) is 75.6 cm³/mol. The Labute approximate surface area is 109 Å². The smallest absolute Gasteiger partial charge is 0.0594 e. The van der Waals surface area contributed by atoms with Crippen molar-refractivity contribution in [2.45, 2.75) is 0 Å². The van der Waals surface area contributed by atoms with Crippen LogP contribution in [-0.4, -0.2) is 50.8 Å². The molecule has 0 spiro atoms. The summed E-state index contributed by atoms with van der Waals surface area (Å²) >= 11 is 0. The first-order valence-corrected chi connectivity index (χ1v) is 6.67. The van der Waals surface area contributed by atoms with E-state index in [4.69, 9.17) is 4.74 Å². The fraction of sp³-hybridized carbons (Fsp3) is 0.467. The van der Waals surface area contributed by atoms with Crippen molar-refractivity contribution in [2.24, 2.45) is 0 Å². The molecule has 1 heterocycles. The lowest BCUT2D eigenvalue weighted by Gasteiger charge is -2.26. The zero-order valence-corrected chi connectivity index (χ0v) is 10.8. The summed E-state index contributed by atoms with van der Waals surface area (Å²) in [6, 6.07) is 10.4. The van der Waals surface area contributed by atoms with Crippen LogP contribution in [0.15, 0.2) is 36.4 Å². The first-order valence-electron chi connectivity index (χ1n) is 6.67. The molecule has 1 N–H and O–H groups in total. The second kappa shape index (κ2) is 8.03. The quantitative estimate of drug-likeness (QED) is 0.772. The molecule has 1 aromatic rings. The van der Waals surface area contributed by atoms with Gasteiger partial charge in [-0.3, -0.25) is 4.90 Å². The topological polar surface area (TPSA) is 24.5 Å². The van der Waals surface area contributed by atoms with E-state index in [0.717, 1.165) is 45.9 Å².